The summed E-state index contributed by atoms with van der Waals surface area (Å²) in [5, 5.41) is 2.71. The zero-order chi connectivity index (χ0) is 16.0. The molecule has 116 valence electrons. The van der Waals surface area contributed by atoms with Gasteiger partial charge in [0, 0.05) is 18.7 Å². The van der Waals surface area contributed by atoms with Crippen molar-refractivity contribution in [1.82, 2.24) is 10.3 Å². The van der Waals surface area contributed by atoms with E-state index in [2.05, 4.69) is 26.2 Å². The lowest BCUT2D eigenvalue weighted by Crippen LogP contribution is -2.45. The molecule has 1 heterocycles. The smallest absolute Gasteiger partial charge is 0.256 e. The number of halogens is 1. The monoisotopic (exact) mass is 356 g/mol. The van der Waals surface area contributed by atoms with Gasteiger partial charge in [-0.15, -0.1) is 0 Å². The molecule has 0 aliphatic rings. The summed E-state index contributed by atoms with van der Waals surface area (Å²) in [5.74, 6) is -0.713. The van der Waals surface area contributed by atoms with Crippen LogP contribution in [-0.4, -0.2) is 34.9 Å². The molecule has 1 aromatic heterocycles. The average molecular weight is 357 g/mol. The van der Waals surface area contributed by atoms with E-state index >= 15 is 0 Å². The summed E-state index contributed by atoms with van der Waals surface area (Å²) in [6.07, 6.45) is -0.480. The topological polar surface area (TPSA) is 68.3 Å². The van der Waals surface area contributed by atoms with Crippen molar-refractivity contribution in [2.24, 2.45) is 0 Å². The van der Waals surface area contributed by atoms with Crippen LogP contribution in [0.3, 0.4) is 0 Å². The van der Waals surface area contributed by atoms with Crippen LogP contribution in [0, 0.1) is 0 Å². The van der Waals surface area contributed by atoms with Gasteiger partial charge in [-0.3, -0.25) is 9.59 Å². The van der Waals surface area contributed by atoms with Crippen molar-refractivity contribution >= 4 is 27.6 Å². The number of nitrogens with zero attached hydrogens (tertiary/aromatic N) is 1. The molecule has 6 heteroatoms. The van der Waals surface area contributed by atoms with Crippen molar-refractivity contribution in [2.45, 2.75) is 45.8 Å². The van der Waals surface area contributed by atoms with Gasteiger partial charge in [-0.05, 0) is 55.8 Å². The maximum atomic E-state index is 12.0. The first-order chi connectivity index (χ1) is 9.69. The average Bonchev–Trinajstić information content (AvgIpc) is 2.34. The van der Waals surface area contributed by atoms with Crippen LogP contribution in [0.1, 0.15) is 33.4 Å². The van der Waals surface area contributed by atoms with Gasteiger partial charge in [0.15, 0.2) is 11.9 Å². The number of carbonyl (C=O) groups excluding carboxylic acids is 2. The second kappa shape index (κ2) is 7.66. The summed E-state index contributed by atoms with van der Waals surface area (Å²) in [6, 6.07) is 5.60. The highest BCUT2D eigenvalue weighted by molar-refractivity contribution is 9.10. The maximum Gasteiger partial charge on any atom is 0.256 e. The van der Waals surface area contributed by atoms with E-state index in [1.54, 1.807) is 0 Å². The molecule has 1 unspecified atom stereocenters. The summed E-state index contributed by atoms with van der Waals surface area (Å²) in [5.41, 5.74) is 0.306. The standard InChI is InChI=1S/C15H21BrN2O3/c1-10(19)13(21-15(2,3)4)14(20)17-9-8-11-6-5-7-12(16)18-11/h5-7,13H,8-9H2,1-4H3,(H,17,20). The molecular weight excluding hydrogens is 336 g/mol. The van der Waals surface area contributed by atoms with E-state index in [0.29, 0.717) is 13.0 Å². The molecule has 0 aliphatic heterocycles. The summed E-state index contributed by atoms with van der Waals surface area (Å²) >= 11 is 3.30. The van der Waals surface area contributed by atoms with Crippen LogP contribution < -0.4 is 5.32 Å². The molecule has 0 aromatic carbocycles. The number of amides is 1. The Balaban J connectivity index is 2.52. The molecule has 21 heavy (non-hydrogen) atoms. The quantitative estimate of drug-likeness (QED) is 0.627. The van der Waals surface area contributed by atoms with E-state index in [1.807, 2.05) is 39.0 Å². The number of Topliss-reactive ketones (excluding diaryl/α,β-unsaturated/α-hetero) is 1. The number of pyridine rings is 1. The second-order valence-electron chi connectivity index (χ2n) is 5.71. The summed E-state index contributed by atoms with van der Waals surface area (Å²) in [7, 11) is 0. The normalized spacial score (nSPS) is 12.8. The Hall–Kier alpha value is -1.27. The molecule has 0 fully saturated rings. The Kier molecular flexibility index (Phi) is 6.48. The molecule has 1 amide bonds. The largest absolute Gasteiger partial charge is 0.355 e. The van der Waals surface area contributed by atoms with Gasteiger partial charge in [0.05, 0.1) is 5.60 Å². The fourth-order valence-corrected chi connectivity index (χ4v) is 2.05. The molecule has 5 nitrogen and oxygen atoms in total. The van der Waals surface area contributed by atoms with Crippen LogP contribution in [-0.2, 0) is 20.7 Å². The zero-order valence-electron chi connectivity index (χ0n) is 12.8. The van der Waals surface area contributed by atoms with E-state index in [1.165, 1.54) is 6.92 Å². The number of ether oxygens (including phenoxy) is 1. The molecule has 1 aromatic rings. The summed E-state index contributed by atoms with van der Waals surface area (Å²) in [4.78, 5) is 27.8. The molecule has 0 radical (unpaired) electrons. The van der Waals surface area contributed by atoms with E-state index in [4.69, 9.17) is 4.74 Å². The van der Waals surface area contributed by atoms with Crippen LogP contribution in [0.2, 0.25) is 0 Å². The van der Waals surface area contributed by atoms with Gasteiger partial charge in [0.2, 0.25) is 0 Å². The number of nitrogens with one attached hydrogen (secondary N) is 1. The Morgan fingerprint density at radius 1 is 1.38 bits per heavy atom. The lowest BCUT2D eigenvalue weighted by atomic mass is 10.1. The summed E-state index contributed by atoms with van der Waals surface area (Å²) in [6.45, 7) is 7.18. The van der Waals surface area contributed by atoms with E-state index in [9.17, 15) is 9.59 Å². The van der Waals surface area contributed by atoms with Crippen molar-refractivity contribution in [3.63, 3.8) is 0 Å². The van der Waals surface area contributed by atoms with E-state index < -0.39 is 17.6 Å². The third kappa shape index (κ3) is 6.82. The molecular formula is C15H21BrN2O3. The molecule has 0 saturated heterocycles. The van der Waals surface area contributed by atoms with Gasteiger partial charge >= 0.3 is 0 Å². The van der Waals surface area contributed by atoms with Crippen LogP contribution >= 0.6 is 15.9 Å². The third-order valence-corrected chi connectivity index (χ3v) is 2.97. The van der Waals surface area contributed by atoms with Crippen LogP contribution in [0.5, 0.6) is 0 Å². The Labute approximate surface area is 133 Å². The molecule has 0 bridgehead atoms. The first-order valence-corrected chi connectivity index (χ1v) is 7.56. The fourth-order valence-electron chi connectivity index (χ4n) is 1.67. The molecule has 1 N–H and O–H groups in total. The first kappa shape index (κ1) is 17.8. The SMILES string of the molecule is CC(=O)C(OC(C)(C)C)C(=O)NCCc1cccc(Br)n1. The first-order valence-electron chi connectivity index (χ1n) is 6.76. The molecule has 0 aliphatic carbocycles. The number of hydrogen-bond acceptors (Lipinski definition) is 4. The zero-order valence-corrected chi connectivity index (χ0v) is 14.4. The van der Waals surface area contributed by atoms with E-state index in [0.717, 1.165) is 10.3 Å². The lowest BCUT2D eigenvalue weighted by molar-refractivity contribution is -0.152. The van der Waals surface area contributed by atoms with Gasteiger partial charge in [0.25, 0.3) is 5.91 Å². The molecule has 0 spiro atoms. The number of carbonyl (C=O) groups is 2. The molecule has 1 atom stereocenters. The maximum absolute atomic E-state index is 12.0. The van der Waals surface area contributed by atoms with Crippen molar-refractivity contribution in [2.75, 3.05) is 6.54 Å². The number of ketones is 1. The number of rotatable bonds is 6. The summed E-state index contributed by atoms with van der Waals surface area (Å²) < 4.78 is 6.25. The Morgan fingerprint density at radius 2 is 2.05 bits per heavy atom. The minimum atomic E-state index is -1.07. The highest BCUT2D eigenvalue weighted by atomic mass is 79.9. The minimum Gasteiger partial charge on any atom is -0.355 e. The lowest BCUT2D eigenvalue weighted by Gasteiger charge is -2.25. The van der Waals surface area contributed by atoms with E-state index in [-0.39, 0.29) is 5.78 Å². The van der Waals surface area contributed by atoms with Crippen molar-refractivity contribution in [3.8, 4) is 0 Å². The van der Waals surface area contributed by atoms with Crippen molar-refractivity contribution < 1.29 is 14.3 Å². The predicted molar refractivity (Wildman–Crippen MR) is 84.0 cm³/mol. The van der Waals surface area contributed by atoms with Gasteiger partial charge in [-0.1, -0.05) is 6.07 Å². The molecule has 0 saturated carbocycles. The Bertz CT molecular complexity index is 512. The van der Waals surface area contributed by atoms with Gasteiger partial charge in [0.1, 0.15) is 4.60 Å². The fraction of sp³-hybridized carbons (Fsp3) is 0.533. The number of hydrogen-bond donors (Lipinski definition) is 1. The second-order valence-corrected chi connectivity index (χ2v) is 6.53. The molecule has 1 rings (SSSR count). The van der Waals surface area contributed by atoms with Crippen LogP contribution in [0.15, 0.2) is 22.8 Å². The highest BCUT2D eigenvalue weighted by Crippen LogP contribution is 2.12. The van der Waals surface area contributed by atoms with Gasteiger partial charge < -0.3 is 10.1 Å². The van der Waals surface area contributed by atoms with Crippen LogP contribution in [0.25, 0.3) is 0 Å². The van der Waals surface area contributed by atoms with Crippen LogP contribution in [0.4, 0.5) is 0 Å². The highest BCUT2D eigenvalue weighted by Gasteiger charge is 2.28. The third-order valence-electron chi connectivity index (χ3n) is 2.53. The predicted octanol–water partition coefficient (Wildman–Crippen LogP) is 2.28. The van der Waals surface area contributed by atoms with Gasteiger partial charge in [-0.25, -0.2) is 4.98 Å². The van der Waals surface area contributed by atoms with Crippen molar-refractivity contribution in [3.05, 3.63) is 28.5 Å². The minimum absolute atomic E-state index is 0.303. The Morgan fingerprint density at radius 3 is 2.57 bits per heavy atom. The number of aromatic nitrogens is 1. The van der Waals surface area contributed by atoms with Crippen molar-refractivity contribution in [1.29, 1.82) is 0 Å². The van der Waals surface area contributed by atoms with Gasteiger partial charge in [-0.2, -0.15) is 0 Å².